The molecule has 0 bridgehead atoms. The lowest BCUT2D eigenvalue weighted by molar-refractivity contribution is -0.116. The zero-order valence-electron chi connectivity index (χ0n) is 15.5. The average molecular weight is 368 g/mol. The lowest BCUT2D eigenvalue weighted by atomic mass is 10.1. The molecule has 0 spiro atoms. The largest absolute Gasteiger partial charge is 0.352 e. The Morgan fingerprint density at radius 1 is 0.889 bits per heavy atom. The van der Waals surface area contributed by atoms with Crippen molar-refractivity contribution in [1.29, 1.82) is 0 Å². The molecule has 0 aromatic heterocycles. The molecule has 0 unspecified atom stereocenters. The number of urea groups is 1. The van der Waals surface area contributed by atoms with Gasteiger partial charge in [-0.15, -0.1) is 0 Å². The lowest BCUT2D eigenvalue weighted by Gasteiger charge is -2.10. The maximum atomic E-state index is 12.1. The smallest absolute Gasteiger partial charge is 0.319 e. The van der Waals surface area contributed by atoms with Gasteiger partial charge in [0.05, 0.1) is 0 Å². The lowest BCUT2D eigenvalue weighted by Crippen LogP contribution is -2.28. The van der Waals surface area contributed by atoms with E-state index >= 15 is 0 Å². The van der Waals surface area contributed by atoms with E-state index in [2.05, 4.69) is 21.3 Å². The molecule has 2 aromatic rings. The monoisotopic (exact) mass is 368 g/mol. The van der Waals surface area contributed by atoms with Crippen LogP contribution in [0.2, 0.25) is 0 Å². The first-order valence-corrected chi connectivity index (χ1v) is 8.78. The van der Waals surface area contributed by atoms with Crippen LogP contribution in [0, 0.1) is 6.92 Å². The summed E-state index contributed by atoms with van der Waals surface area (Å²) in [5, 5.41) is 10.8. The zero-order valence-corrected chi connectivity index (χ0v) is 15.5. The van der Waals surface area contributed by atoms with E-state index in [9.17, 15) is 14.4 Å². The van der Waals surface area contributed by atoms with Crippen molar-refractivity contribution in [1.82, 2.24) is 10.6 Å². The van der Waals surface area contributed by atoms with Gasteiger partial charge in [0.2, 0.25) is 5.91 Å². The number of nitrogens with one attached hydrogen (secondary N) is 4. The van der Waals surface area contributed by atoms with Crippen LogP contribution in [0.25, 0.3) is 0 Å². The predicted octanol–water partition coefficient (Wildman–Crippen LogP) is 2.90. The number of anilines is 2. The number of carbonyl (C=O) groups is 3. The molecule has 2 aromatic carbocycles. The molecular formula is C20H24N4O3. The summed E-state index contributed by atoms with van der Waals surface area (Å²) >= 11 is 0. The van der Waals surface area contributed by atoms with E-state index in [1.807, 2.05) is 26.0 Å². The molecule has 0 saturated heterocycles. The van der Waals surface area contributed by atoms with Crippen LogP contribution in [0.3, 0.4) is 0 Å². The first-order valence-electron chi connectivity index (χ1n) is 8.78. The van der Waals surface area contributed by atoms with Gasteiger partial charge in [-0.25, -0.2) is 4.79 Å². The van der Waals surface area contributed by atoms with Crippen molar-refractivity contribution in [2.24, 2.45) is 0 Å². The molecule has 2 rings (SSSR count). The Morgan fingerprint density at radius 2 is 1.59 bits per heavy atom. The number of rotatable bonds is 7. The Bertz CT molecular complexity index is 820. The molecule has 0 atom stereocenters. The van der Waals surface area contributed by atoms with Gasteiger partial charge in [0.15, 0.2) is 0 Å². The molecule has 4 amide bonds. The van der Waals surface area contributed by atoms with E-state index in [0.717, 1.165) is 5.56 Å². The van der Waals surface area contributed by atoms with E-state index in [-0.39, 0.29) is 30.8 Å². The van der Waals surface area contributed by atoms with Crippen molar-refractivity contribution < 1.29 is 14.4 Å². The van der Waals surface area contributed by atoms with Gasteiger partial charge in [0, 0.05) is 36.4 Å². The number of aryl methyl sites for hydroxylation is 1. The van der Waals surface area contributed by atoms with Gasteiger partial charge >= 0.3 is 6.03 Å². The molecule has 27 heavy (non-hydrogen) atoms. The van der Waals surface area contributed by atoms with Crippen LogP contribution >= 0.6 is 0 Å². The summed E-state index contributed by atoms with van der Waals surface area (Å²) < 4.78 is 0. The van der Waals surface area contributed by atoms with Crippen LogP contribution in [-0.4, -0.2) is 30.9 Å². The highest BCUT2D eigenvalue weighted by Crippen LogP contribution is 2.15. The van der Waals surface area contributed by atoms with Gasteiger partial charge in [-0.3, -0.25) is 9.59 Å². The molecule has 0 saturated carbocycles. The summed E-state index contributed by atoms with van der Waals surface area (Å²) in [6, 6.07) is 13.8. The summed E-state index contributed by atoms with van der Waals surface area (Å²) in [6.07, 6.45) is 0.144. The van der Waals surface area contributed by atoms with E-state index in [4.69, 9.17) is 0 Å². The normalized spacial score (nSPS) is 10.0. The highest BCUT2D eigenvalue weighted by molar-refractivity contribution is 5.96. The van der Waals surface area contributed by atoms with Crippen LogP contribution in [-0.2, 0) is 4.79 Å². The highest BCUT2D eigenvalue weighted by atomic mass is 16.2. The number of hydrogen-bond donors (Lipinski definition) is 4. The van der Waals surface area contributed by atoms with Crippen LogP contribution in [0.15, 0.2) is 48.5 Å². The molecule has 7 heteroatoms. The number of benzene rings is 2. The van der Waals surface area contributed by atoms with Gasteiger partial charge in [-0.05, 0) is 43.7 Å². The van der Waals surface area contributed by atoms with Gasteiger partial charge < -0.3 is 21.3 Å². The molecule has 0 aliphatic carbocycles. The van der Waals surface area contributed by atoms with E-state index in [1.54, 1.807) is 36.4 Å². The Kier molecular flexibility index (Phi) is 7.37. The molecule has 0 fully saturated rings. The van der Waals surface area contributed by atoms with Crippen LogP contribution in [0.1, 0.15) is 29.3 Å². The molecule has 0 radical (unpaired) electrons. The zero-order chi connectivity index (χ0) is 19.6. The Balaban J connectivity index is 1.81. The summed E-state index contributed by atoms with van der Waals surface area (Å²) in [5.41, 5.74) is 2.63. The van der Waals surface area contributed by atoms with Gasteiger partial charge in [-0.1, -0.05) is 24.3 Å². The van der Waals surface area contributed by atoms with Gasteiger partial charge in [0.25, 0.3) is 5.91 Å². The maximum absolute atomic E-state index is 12.1. The van der Waals surface area contributed by atoms with E-state index < -0.39 is 0 Å². The van der Waals surface area contributed by atoms with Gasteiger partial charge in [0.1, 0.15) is 0 Å². The summed E-state index contributed by atoms with van der Waals surface area (Å²) in [7, 11) is 0. The topological polar surface area (TPSA) is 99.3 Å². The molecule has 7 nitrogen and oxygen atoms in total. The molecule has 0 heterocycles. The minimum absolute atomic E-state index is 0.144. The van der Waals surface area contributed by atoms with Crippen molar-refractivity contribution in [3.8, 4) is 0 Å². The Morgan fingerprint density at radius 3 is 2.30 bits per heavy atom. The van der Waals surface area contributed by atoms with E-state index in [1.165, 1.54) is 0 Å². The van der Waals surface area contributed by atoms with Crippen molar-refractivity contribution in [3.63, 3.8) is 0 Å². The second-order valence-electron chi connectivity index (χ2n) is 5.93. The third-order valence-electron chi connectivity index (χ3n) is 3.77. The fourth-order valence-corrected chi connectivity index (χ4v) is 2.45. The minimum Gasteiger partial charge on any atom is -0.352 e. The van der Waals surface area contributed by atoms with E-state index in [0.29, 0.717) is 23.5 Å². The van der Waals surface area contributed by atoms with Crippen molar-refractivity contribution in [2.45, 2.75) is 20.3 Å². The van der Waals surface area contributed by atoms with Crippen LogP contribution in [0.5, 0.6) is 0 Å². The first kappa shape index (κ1) is 20.0. The van der Waals surface area contributed by atoms with Crippen molar-refractivity contribution in [3.05, 3.63) is 59.7 Å². The van der Waals surface area contributed by atoms with Crippen LogP contribution in [0.4, 0.5) is 16.2 Å². The van der Waals surface area contributed by atoms with Crippen molar-refractivity contribution in [2.75, 3.05) is 23.7 Å². The maximum Gasteiger partial charge on any atom is 0.319 e. The standard InChI is InChI=1S/C20H24N4O3/c1-3-21-20(27)24-16-9-6-8-15(13-16)23-18(25)11-12-22-19(26)17-10-5-4-7-14(17)2/h4-10,13H,3,11-12H2,1-2H3,(H,22,26)(H,23,25)(H2,21,24,27). The van der Waals surface area contributed by atoms with Gasteiger partial charge in [-0.2, -0.15) is 0 Å². The fourth-order valence-electron chi connectivity index (χ4n) is 2.45. The second-order valence-corrected chi connectivity index (χ2v) is 5.93. The highest BCUT2D eigenvalue weighted by Gasteiger charge is 2.09. The molecule has 0 aliphatic rings. The number of hydrogen-bond acceptors (Lipinski definition) is 3. The quantitative estimate of drug-likeness (QED) is 0.605. The molecule has 0 aliphatic heterocycles. The summed E-state index contributed by atoms with van der Waals surface area (Å²) in [4.78, 5) is 35.7. The molecular weight excluding hydrogens is 344 g/mol. The molecule has 142 valence electrons. The predicted molar refractivity (Wildman–Crippen MR) is 106 cm³/mol. The third-order valence-corrected chi connectivity index (χ3v) is 3.77. The molecule has 4 N–H and O–H groups in total. The fraction of sp³-hybridized carbons (Fsp3) is 0.250. The third kappa shape index (κ3) is 6.47. The number of carbonyl (C=O) groups excluding carboxylic acids is 3. The van der Waals surface area contributed by atoms with Crippen molar-refractivity contribution >= 4 is 29.2 Å². The summed E-state index contributed by atoms with van der Waals surface area (Å²) in [5.74, 6) is -0.427. The SMILES string of the molecule is CCNC(=O)Nc1cccc(NC(=O)CCNC(=O)c2ccccc2C)c1. The minimum atomic E-state index is -0.306. The van der Waals surface area contributed by atoms with Crippen LogP contribution < -0.4 is 21.3 Å². The first-order chi connectivity index (χ1) is 13.0. The Labute approximate surface area is 158 Å². The Hall–Kier alpha value is -3.35. The number of amides is 4. The average Bonchev–Trinajstić information content (AvgIpc) is 2.62. The second kappa shape index (κ2) is 9.96. The summed E-state index contributed by atoms with van der Waals surface area (Å²) in [6.45, 7) is 4.45.